The Morgan fingerprint density at radius 2 is 1.75 bits per heavy atom. The van der Waals surface area contributed by atoms with Gasteiger partial charge in [0.1, 0.15) is 0 Å². The van der Waals surface area contributed by atoms with E-state index in [2.05, 4.69) is 10.7 Å². The van der Waals surface area contributed by atoms with E-state index in [1.807, 2.05) is 0 Å². The van der Waals surface area contributed by atoms with Crippen LogP contribution in [-0.4, -0.2) is 20.3 Å². The standard InChI is InChI=1S/C4H8O.CH5NO/c1-2-4-5-3-1;1-3-2/h1-4H2;2H2,1H3. The van der Waals surface area contributed by atoms with Crippen molar-refractivity contribution in [3.63, 3.8) is 0 Å². The first-order valence-corrected chi connectivity index (χ1v) is 2.72. The molecule has 0 radical (unpaired) electrons. The molecule has 0 aliphatic carbocycles. The Balaban J connectivity index is 0.000000145. The highest BCUT2D eigenvalue weighted by molar-refractivity contribution is 4.43. The van der Waals surface area contributed by atoms with Crippen molar-refractivity contribution in [2.24, 2.45) is 5.90 Å². The average Bonchev–Trinajstić information content (AvgIpc) is 2.17. The molecule has 50 valence electrons. The van der Waals surface area contributed by atoms with Gasteiger partial charge in [0.25, 0.3) is 0 Å². The van der Waals surface area contributed by atoms with Gasteiger partial charge in [0.2, 0.25) is 0 Å². The summed E-state index contributed by atoms with van der Waals surface area (Å²) in [5, 5.41) is 0. The predicted molar refractivity (Wildman–Crippen MR) is 31.2 cm³/mol. The van der Waals surface area contributed by atoms with Crippen molar-refractivity contribution in [1.82, 2.24) is 0 Å². The molecule has 1 aliphatic rings. The Hall–Kier alpha value is -0.120. The van der Waals surface area contributed by atoms with Crippen LogP contribution in [0, 0.1) is 0 Å². The summed E-state index contributed by atoms with van der Waals surface area (Å²) in [5.41, 5.74) is 0. The van der Waals surface area contributed by atoms with Gasteiger partial charge >= 0.3 is 0 Å². The SMILES string of the molecule is C1CCOC1.CON. The zero-order valence-corrected chi connectivity index (χ0v) is 5.22. The molecule has 8 heavy (non-hydrogen) atoms. The molecule has 0 unspecified atom stereocenters. The van der Waals surface area contributed by atoms with E-state index in [4.69, 9.17) is 4.74 Å². The molecule has 3 heteroatoms. The fourth-order valence-corrected chi connectivity index (χ4v) is 0.510. The average molecular weight is 119 g/mol. The largest absolute Gasteiger partial charge is 0.381 e. The smallest absolute Gasteiger partial charge is 0.0569 e. The van der Waals surface area contributed by atoms with E-state index in [1.54, 1.807) is 0 Å². The highest BCUT2D eigenvalue weighted by Crippen LogP contribution is 1.98. The molecule has 2 N–H and O–H groups in total. The monoisotopic (exact) mass is 119 g/mol. The molecule has 3 nitrogen and oxygen atoms in total. The third-order valence-corrected chi connectivity index (χ3v) is 0.827. The summed E-state index contributed by atoms with van der Waals surface area (Å²) in [4.78, 5) is 3.75. The van der Waals surface area contributed by atoms with Crippen LogP contribution in [0.3, 0.4) is 0 Å². The maximum atomic E-state index is 4.94. The number of hydrogen-bond donors (Lipinski definition) is 1. The first kappa shape index (κ1) is 7.88. The second-order valence-corrected chi connectivity index (χ2v) is 1.56. The molecule has 0 aromatic rings. The van der Waals surface area contributed by atoms with E-state index in [-0.39, 0.29) is 0 Å². The number of rotatable bonds is 0. The molecule has 1 saturated heterocycles. The van der Waals surface area contributed by atoms with Gasteiger partial charge in [-0.05, 0) is 12.8 Å². The molecular weight excluding hydrogens is 106 g/mol. The molecule has 0 atom stereocenters. The van der Waals surface area contributed by atoms with Crippen LogP contribution in [0.2, 0.25) is 0 Å². The summed E-state index contributed by atoms with van der Waals surface area (Å²) < 4.78 is 4.94. The van der Waals surface area contributed by atoms with Crippen molar-refractivity contribution in [2.75, 3.05) is 20.3 Å². The van der Waals surface area contributed by atoms with Crippen molar-refractivity contribution in [2.45, 2.75) is 12.8 Å². The summed E-state index contributed by atoms with van der Waals surface area (Å²) in [6.07, 6.45) is 2.56. The van der Waals surface area contributed by atoms with Gasteiger partial charge in [-0.2, -0.15) is 0 Å². The van der Waals surface area contributed by atoms with Crippen LogP contribution in [0.25, 0.3) is 0 Å². The van der Waals surface area contributed by atoms with Gasteiger partial charge in [-0.1, -0.05) is 0 Å². The summed E-state index contributed by atoms with van der Waals surface area (Å²) in [6, 6.07) is 0. The van der Waals surface area contributed by atoms with Gasteiger partial charge in [-0.25, -0.2) is 5.90 Å². The van der Waals surface area contributed by atoms with E-state index < -0.39 is 0 Å². The van der Waals surface area contributed by atoms with Gasteiger partial charge in [0.05, 0.1) is 7.11 Å². The second-order valence-electron chi connectivity index (χ2n) is 1.56. The molecule has 1 fully saturated rings. The fourth-order valence-electron chi connectivity index (χ4n) is 0.510. The van der Waals surface area contributed by atoms with Crippen molar-refractivity contribution >= 4 is 0 Å². The minimum Gasteiger partial charge on any atom is -0.381 e. The van der Waals surface area contributed by atoms with Crippen molar-refractivity contribution < 1.29 is 9.57 Å². The lowest BCUT2D eigenvalue weighted by atomic mass is 10.4. The minimum atomic E-state index is 1.00. The summed E-state index contributed by atoms with van der Waals surface area (Å²) in [6.45, 7) is 2.00. The molecule has 0 spiro atoms. The van der Waals surface area contributed by atoms with Crippen LogP contribution >= 0.6 is 0 Å². The minimum absolute atomic E-state index is 1.00. The van der Waals surface area contributed by atoms with Crippen LogP contribution in [0.1, 0.15) is 12.8 Å². The second kappa shape index (κ2) is 6.88. The Morgan fingerprint density at radius 3 is 1.88 bits per heavy atom. The molecule has 0 bridgehead atoms. The molecule has 1 heterocycles. The number of hydrogen-bond acceptors (Lipinski definition) is 3. The summed E-state index contributed by atoms with van der Waals surface area (Å²) in [5.74, 6) is 4.35. The maximum absolute atomic E-state index is 4.94. The molecule has 1 rings (SSSR count). The van der Waals surface area contributed by atoms with Gasteiger partial charge in [-0.3, -0.25) is 0 Å². The van der Waals surface area contributed by atoms with Crippen LogP contribution in [-0.2, 0) is 9.57 Å². The van der Waals surface area contributed by atoms with Crippen LogP contribution in [0.15, 0.2) is 0 Å². The van der Waals surface area contributed by atoms with E-state index in [9.17, 15) is 0 Å². The Labute approximate surface area is 49.7 Å². The lowest BCUT2D eigenvalue weighted by molar-refractivity contribution is 0.198. The van der Waals surface area contributed by atoms with Crippen LogP contribution < -0.4 is 5.90 Å². The zero-order chi connectivity index (χ0) is 6.24. The fraction of sp³-hybridized carbons (Fsp3) is 1.00. The highest BCUT2D eigenvalue weighted by atomic mass is 16.6. The van der Waals surface area contributed by atoms with Crippen molar-refractivity contribution in [3.8, 4) is 0 Å². The first-order valence-electron chi connectivity index (χ1n) is 2.72. The Kier molecular flexibility index (Phi) is 6.78. The highest BCUT2D eigenvalue weighted by Gasteiger charge is 1.94. The van der Waals surface area contributed by atoms with E-state index in [1.165, 1.54) is 20.0 Å². The summed E-state index contributed by atoms with van der Waals surface area (Å²) in [7, 11) is 1.40. The van der Waals surface area contributed by atoms with E-state index >= 15 is 0 Å². The number of nitrogens with two attached hydrogens (primary N) is 1. The predicted octanol–water partition coefficient (Wildman–Crippen LogP) is 0.303. The molecule has 0 saturated carbocycles. The molecule has 0 aromatic carbocycles. The Bertz CT molecular complexity index is 29.8. The maximum Gasteiger partial charge on any atom is 0.0569 e. The molecule has 0 amide bonds. The first-order chi connectivity index (χ1) is 3.91. The third-order valence-electron chi connectivity index (χ3n) is 0.827. The van der Waals surface area contributed by atoms with Gasteiger partial charge in [0.15, 0.2) is 0 Å². The molecule has 0 aromatic heterocycles. The van der Waals surface area contributed by atoms with E-state index in [0.717, 1.165) is 13.2 Å². The quantitative estimate of drug-likeness (QED) is 0.466. The zero-order valence-electron chi connectivity index (χ0n) is 5.22. The van der Waals surface area contributed by atoms with Crippen LogP contribution in [0.5, 0.6) is 0 Å². The topological polar surface area (TPSA) is 44.5 Å². The van der Waals surface area contributed by atoms with Gasteiger partial charge in [0, 0.05) is 13.2 Å². The van der Waals surface area contributed by atoms with Gasteiger partial charge < -0.3 is 9.57 Å². The van der Waals surface area contributed by atoms with Gasteiger partial charge in [-0.15, -0.1) is 0 Å². The molecule has 1 aliphatic heterocycles. The normalized spacial score (nSPS) is 17.2. The third kappa shape index (κ3) is 5.88. The number of ether oxygens (including phenoxy) is 1. The summed E-state index contributed by atoms with van der Waals surface area (Å²) >= 11 is 0. The van der Waals surface area contributed by atoms with E-state index in [0.29, 0.717) is 0 Å². The Morgan fingerprint density at radius 1 is 1.38 bits per heavy atom. The van der Waals surface area contributed by atoms with Crippen LogP contribution in [0.4, 0.5) is 0 Å². The van der Waals surface area contributed by atoms with Crippen molar-refractivity contribution in [3.05, 3.63) is 0 Å². The molecular formula is C5H13NO2. The van der Waals surface area contributed by atoms with Crippen molar-refractivity contribution in [1.29, 1.82) is 0 Å². The lowest BCUT2D eigenvalue weighted by Gasteiger charge is -1.76. The lowest BCUT2D eigenvalue weighted by Crippen LogP contribution is -1.86.